The fourth-order valence-corrected chi connectivity index (χ4v) is 2.97. The van der Waals surface area contributed by atoms with Crippen LogP contribution in [0.2, 0.25) is 0 Å². The summed E-state index contributed by atoms with van der Waals surface area (Å²) in [5, 5.41) is 3.33. The summed E-state index contributed by atoms with van der Waals surface area (Å²) in [5.74, 6) is 0.173. The van der Waals surface area contributed by atoms with E-state index in [0.29, 0.717) is 12.1 Å². The van der Waals surface area contributed by atoms with Gasteiger partial charge in [-0.3, -0.25) is 4.79 Å². The zero-order chi connectivity index (χ0) is 14.5. The Kier molecular flexibility index (Phi) is 5.05. The van der Waals surface area contributed by atoms with Crippen LogP contribution >= 0.6 is 0 Å². The van der Waals surface area contributed by atoms with E-state index in [1.165, 1.54) is 6.42 Å². The number of benzene rings is 1. The number of hydrogen-bond acceptors (Lipinski definition) is 2. The van der Waals surface area contributed by atoms with Crippen molar-refractivity contribution >= 4 is 11.6 Å². The first-order valence-electron chi connectivity index (χ1n) is 7.80. The average molecular weight is 274 g/mol. The van der Waals surface area contributed by atoms with E-state index < -0.39 is 0 Å². The van der Waals surface area contributed by atoms with Crippen molar-refractivity contribution in [3.63, 3.8) is 0 Å². The average Bonchev–Trinajstić information content (AvgIpc) is 2.45. The largest absolute Gasteiger partial charge is 0.385 e. The van der Waals surface area contributed by atoms with Gasteiger partial charge in [-0.1, -0.05) is 6.92 Å². The zero-order valence-corrected chi connectivity index (χ0v) is 12.9. The van der Waals surface area contributed by atoms with Gasteiger partial charge in [-0.2, -0.15) is 0 Å². The van der Waals surface area contributed by atoms with Crippen molar-refractivity contribution in [2.24, 2.45) is 0 Å². The molecule has 3 heteroatoms. The molecule has 0 spiro atoms. The Morgan fingerprint density at radius 3 is 2.35 bits per heavy atom. The van der Waals surface area contributed by atoms with Gasteiger partial charge in [-0.25, -0.2) is 0 Å². The molecule has 3 nitrogen and oxygen atoms in total. The van der Waals surface area contributed by atoms with Crippen molar-refractivity contribution in [2.75, 3.05) is 11.9 Å². The predicted octanol–water partition coefficient (Wildman–Crippen LogP) is 3.91. The van der Waals surface area contributed by atoms with Gasteiger partial charge in [0.2, 0.25) is 0 Å². The molecule has 0 unspecified atom stereocenters. The van der Waals surface area contributed by atoms with Gasteiger partial charge in [0, 0.05) is 29.9 Å². The molecule has 0 saturated carbocycles. The molecule has 110 valence electrons. The summed E-state index contributed by atoms with van der Waals surface area (Å²) in [6, 6.07) is 8.58. The van der Waals surface area contributed by atoms with Crippen LogP contribution in [0.3, 0.4) is 0 Å². The third kappa shape index (κ3) is 3.33. The van der Waals surface area contributed by atoms with Crippen molar-refractivity contribution in [3.05, 3.63) is 29.8 Å². The highest BCUT2D eigenvalue weighted by atomic mass is 16.2. The van der Waals surface area contributed by atoms with Crippen LogP contribution < -0.4 is 5.32 Å². The molecule has 0 aliphatic carbocycles. The second-order valence-corrected chi connectivity index (χ2v) is 5.85. The van der Waals surface area contributed by atoms with Crippen molar-refractivity contribution in [2.45, 2.75) is 58.5 Å². The van der Waals surface area contributed by atoms with Crippen LogP contribution in [0, 0.1) is 0 Å². The van der Waals surface area contributed by atoms with Crippen LogP contribution in [0.1, 0.15) is 56.8 Å². The van der Waals surface area contributed by atoms with E-state index in [1.807, 2.05) is 24.3 Å². The van der Waals surface area contributed by atoms with Gasteiger partial charge in [0.15, 0.2) is 0 Å². The van der Waals surface area contributed by atoms with Crippen molar-refractivity contribution in [3.8, 4) is 0 Å². The third-order valence-corrected chi connectivity index (χ3v) is 4.14. The molecule has 2 rings (SSSR count). The smallest absolute Gasteiger partial charge is 0.254 e. The number of rotatable bonds is 4. The highest BCUT2D eigenvalue weighted by molar-refractivity contribution is 5.95. The molecule has 0 aromatic heterocycles. The molecular weight excluding hydrogens is 248 g/mol. The first-order valence-corrected chi connectivity index (χ1v) is 7.80. The molecule has 0 bridgehead atoms. The summed E-state index contributed by atoms with van der Waals surface area (Å²) in [4.78, 5) is 14.7. The quantitative estimate of drug-likeness (QED) is 0.902. The van der Waals surface area contributed by atoms with Crippen LogP contribution in [-0.4, -0.2) is 29.4 Å². The lowest BCUT2D eigenvalue weighted by atomic mass is 9.96. The van der Waals surface area contributed by atoms with Gasteiger partial charge >= 0.3 is 0 Å². The summed E-state index contributed by atoms with van der Waals surface area (Å²) in [5.41, 5.74) is 1.88. The number of amides is 1. The second kappa shape index (κ2) is 6.78. The van der Waals surface area contributed by atoms with Gasteiger partial charge in [0.05, 0.1) is 0 Å². The van der Waals surface area contributed by atoms with Crippen LogP contribution in [0.4, 0.5) is 5.69 Å². The molecule has 1 aromatic rings. The molecule has 1 N–H and O–H groups in total. The van der Waals surface area contributed by atoms with Crippen LogP contribution in [-0.2, 0) is 0 Å². The molecule has 0 radical (unpaired) electrons. The monoisotopic (exact) mass is 274 g/mol. The summed E-state index contributed by atoms with van der Waals surface area (Å²) < 4.78 is 0. The van der Waals surface area contributed by atoms with Crippen LogP contribution in [0.25, 0.3) is 0 Å². The topological polar surface area (TPSA) is 32.3 Å². The maximum absolute atomic E-state index is 12.7. The molecule has 1 aromatic carbocycles. The molecule has 1 amide bonds. The normalized spacial score (nSPS) is 22.6. The SMILES string of the molecule is CCCNc1ccc(C(=O)N2[C@H](C)CCC[C@@H]2C)cc1. The van der Waals surface area contributed by atoms with E-state index in [0.717, 1.165) is 37.1 Å². The number of carbonyl (C=O) groups excluding carboxylic acids is 1. The zero-order valence-electron chi connectivity index (χ0n) is 12.9. The number of nitrogens with one attached hydrogen (secondary N) is 1. The number of likely N-dealkylation sites (tertiary alicyclic amines) is 1. The molecule has 1 heterocycles. The second-order valence-electron chi connectivity index (χ2n) is 5.85. The molecule has 1 aliphatic heterocycles. The highest BCUT2D eigenvalue weighted by Gasteiger charge is 2.29. The fourth-order valence-electron chi connectivity index (χ4n) is 2.97. The lowest BCUT2D eigenvalue weighted by Gasteiger charge is -2.39. The van der Waals surface area contributed by atoms with E-state index in [2.05, 4.69) is 31.0 Å². The number of anilines is 1. The Balaban J connectivity index is 2.08. The molecule has 2 atom stereocenters. The Labute approximate surface area is 122 Å². The third-order valence-electron chi connectivity index (χ3n) is 4.14. The minimum Gasteiger partial charge on any atom is -0.385 e. The first-order chi connectivity index (χ1) is 9.63. The van der Waals surface area contributed by atoms with Gasteiger partial charge in [0.1, 0.15) is 0 Å². The summed E-state index contributed by atoms with van der Waals surface area (Å²) in [7, 11) is 0. The maximum atomic E-state index is 12.7. The van der Waals surface area contributed by atoms with Crippen LogP contribution in [0.15, 0.2) is 24.3 Å². The molecule has 1 aliphatic rings. The minimum atomic E-state index is 0.173. The van der Waals surface area contributed by atoms with Crippen LogP contribution in [0.5, 0.6) is 0 Å². The highest BCUT2D eigenvalue weighted by Crippen LogP contribution is 2.25. The van der Waals surface area contributed by atoms with E-state index in [-0.39, 0.29) is 5.91 Å². The van der Waals surface area contributed by atoms with Crippen molar-refractivity contribution in [1.29, 1.82) is 0 Å². The van der Waals surface area contributed by atoms with E-state index >= 15 is 0 Å². The number of piperidine rings is 1. The molecule has 1 saturated heterocycles. The van der Waals surface area contributed by atoms with Crippen molar-refractivity contribution in [1.82, 2.24) is 4.90 Å². The number of nitrogens with zero attached hydrogens (tertiary/aromatic N) is 1. The van der Waals surface area contributed by atoms with Gasteiger partial charge in [-0.15, -0.1) is 0 Å². The lowest BCUT2D eigenvalue weighted by Crippen LogP contribution is -2.47. The van der Waals surface area contributed by atoms with E-state index in [4.69, 9.17) is 0 Å². The summed E-state index contributed by atoms with van der Waals surface area (Å²) in [6.45, 7) is 7.42. The van der Waals surface area contributed by atoms with Crippen molar-refractivity contribution < 1.29 is 4.79 Å². The minimum absolute atomic E-state index is 0.173. The standard InChI is InChI=1S/C17H26N2O/c1-4-12-18-16-10-8-15(9-11-16)17(20)19-13(2)6-5-7-14(19)3/h8-11,13-14,18H,4-7,12H2,1-3H3/t13-,14+. The Hall–Kier alpha value is -1.51. The Morgan fingerprint density at radius 1 is 1.20 bits per heavy atom. The maximum Gasteiger partial charge on any atom is 0.254 e. The molecule has 1 fully saturated rings. The molecular formula is C17H26N2O. The lowest BCUT2D eigenvalue weighted by molar-refractivity contribution is 0.0511. The number of hydrogen-bond donors (Lipinski definition) is 1. The first kappa shape index (κ1) is 14.9. The van der Waals surface area contributed by atoms with Gasteiger partial charge in [-0.05, 0) is 63.8 Å². The Morgan fingerprint density at radius 2 is 1.80 bits per heavy atom. The van der Waals surface area contributed by atoms with E-state index in [9.17, 15) is 4.79 Å². The van der Waals surface area contributed by atoms with Gasteiger partial charge < -0.3 is 10.2 Å². The summed E-state index contributed by atoms with van der Waals surface area (Å²) in [6.07, 6.45) is 4.56. The summed E-state index contributed by atoms with van der Waals surface area (Å²) >= 11 is 0. The predicted molar refractivity (Wildman–Crippen MR) is 84.2 cm³/mol. The Bertz CT molecular complexity index is 431. The van der Waals surface area contributed by atoms with Gasteiger partial charge in [0.25, 0.3) is 5.91 Å². The fraction of sp³-hybridized carbons (Fsp3) is 0.588. The molecule has 20 heavy (non-hydrogen) atoms. The number of carbonyl (C=O) groups is 1. The van der Waals surface area contributed by atoms with E-state index in [1.54, 1.807) is 0 Å².